The number of hydrogen-bond acceptors (Lipinski definition) is 1. The molecule has 1 heterocycles. The van der Waals surface area contributed by atoms with Crippen LogP contribution in [0.25, 0.3) is 0 Å². The minimum Gasteiger partial charge on any atom is -0.346 e. The molecule has 1 rings (SSSR count). The van der Waals surface area contributed by atoms with Gasteiger partial charge in [-0.2, -0.15) is 0 Å². The first-order valence-electron chi connectivity index (χ1n) is 4.20. The van der Waals surface area contributed by atoms with Crippen molar-refractivity contribution in [2.45, 2.75) is 19.3 Å². The molecule has 64 valence electrons. The number of likely N-dealkylation sites (tertiary alicyclic amines) is 1. The Morgan fingerprint density at radius 2 is 2.36 bits per heavy atom. The van der Waals surface area contributed by atoms with Crippen molar-refractivity contribution >= 4 is 15.1 Å². The van der Waals surface area contributed by atoms with Crippen molar-refractivity contribution in [3.63, 3.8) is 0 Å². The lowest BCUT2D eigenvalue weighted by atomic mass is 10.1. The van der Waals surface area contributed by atoms with Crippen molar-refractivity contribution in [2.24, 2.45) is 5.92 Å². The SMILES string of the molecule is CN1CCCCC(CP)C1=O. The average Bonchev–Trinajstić information content (AvgIpc) is 2.16. The van der Waals surface area contributed by atoms with Crippen LogP contribution in [0.2, 0.25) is 0 Å². The molecule has 3 heteroatoms. The van der Waals surface area contributed by atoms with E-state index in [0.717, 1.165) is 19.1 Å². The Kier molecular flexibility index (Phi) is 3.32. The molecule has 11 heavy (non-hydrogen) atoms. The van der Waals surface area contributed by atoms with Crippen LogP contribution in [0.4, 0.5) is 0 Å². The number of carbonyl (C=O) groups excluding carboxylic acids is 1. The molecule has 0 bridgehead atoms. The van der Waals surface area contributed by atoms with Crippen LogP contribution in [0.15, 0.2) is 0 Å². The summed E-state index contributed by atoms with van der Waals surface area (Å²) < 4.78 is 0. The Morgan fingerprint density at radius 1 is 1.64 bits per heavy atom. The molecule has 0 aromatic carbocycles. The van der Waals surface area contributed by atoms with Gasteiger partial charge < -0.3 is 4.90 Å². The molecule has 2 unspecified atom stereocenters. The van der Waals surface area contributed by atoms with Crippen LogP contribution in [-0.2, 0) is 4.79 Å². The molecule has 2 atom stereocenters. The Labute approximate surface area is 70.5 Å². The summed E-state index contributed by atoms with van der Waals surface area (Å²) in [6.45, 7) is 0.944. The Hall–Kier alpha value is -0.100. The number of rotatable bonds is 1. The summed E-state index contributed by atoms with van der Waals surface area (Å²) in [4.78, 5) is 13.4. The van der Waals surface area contributed by atoms with Crippen LogP contribution in [0, 0.1) is 5.92 Å². The van der Waals surface area contributed by atoms with Crippen LogP contribution < -0.4 is 0 Å². The lowest BCUT2D eigenvalue weighted by Crippen LogP contribution is -2.31. The molecule has 1 fully saturated rings. The van der Waals surface area contributed by atoms with Gasteiger partial charge in [0.2, 0.25) is 5.91 Å². The van der Waals surface area contributed by atoms with Gasteiger partial charge in [-0.25, -0.2) is 0 Å². The van der Waals surface area contributed by atoms with Gasteiger partial charge in [0.25, 0.3) is 0 Å². The molecule has 1 aliphatic rings. The first-order valence-corrected chi connectivity index (χ1v) is 5.02. The second kappa shape index (κ2) is 4.06. The van der Waals surface area contributed by atoms with E-state index in [0.29, 0.717) is 5.91 Å². The van der Waals surface area contributed by atoms with Gasteiger partial charge in [-0.3, -0.25) is 4.79 Å². The van der Waals surface area contributed by atoms with Gasteiger partial charge in [0, 0.05) is 19.5 Å². The summed E-state index contributed by atoms with van der Waals surface area (Å²) in [5.41, 5.74) is 0. The topological polar surface area (TPSA) is 20.3 Å². The van der Waals surface area contributed by atoms with Gasteiger partial charge in [0.1, 0.15) is 0 Å². The van der Waals surface area contributed by atoms with Crippen LogP contribution >= 0.6 is 9.24 Å². The summed E-state index contributed by atoms with van der Waals surface area (Å²) in [5.74, 6) is 0.602. The molecule has 0 N–H and O–H groups in total. The molecular formula is C8H16NOP. The Morgan fingerprint density at radius 3 is 3.00 bits per heavy atom. The molecule has 0 aromatic heterocycles. The van der Waals surface area contributed by atoms with Gasteiger partial charge in [0.15, 0.2) is 0 Å². The first-order chi connectivity index (χ1) is 5.25. The summed E-state index contributed by atoms with van der Waals surface area (Å²) in [6, 6.07) is 0. The molecule has 2 nitrogen and oxygen atoms in total. The van der Waals surface area contributed by atoms with Crippen LogP contribution in [-0.4, -0.2) is 30.6 Å². The van der Waals surface area contributed by atoms with Crippen LogP contribution in [0.1, 0.15) is 19.3 Å². The molecule has 0 aromatic rings. The molecular weight excluding hydrogens is 157 g/mol. The van der Waals surface area contributed by atoms with E-state index in [1.807, 2.05) is 11.9 Å². The Bertz CT molecular complexity index is 149. The van der Waals surface area contributed by atoms with Gasteiger partial charge >= 0.3 is 0 Å². The fourth-order valence-corrected chi connectivity index (χ4v) is 1.94. The quantitative estimate of drug-likeness (QED) is 0.544. The van der Waals surface area contributed by atoms with E-state index in [4.69, 9.17) is 0 Å². The van der Waals surface area contributed by atoms with Crippen molar-refractivity contribution in [2.75, 3.05) is 19.8 Å². The third-order valence-corrected chi connectivity index (χ3v) is 2.88. The molecule has 0 radical (unpaired) electrons. The molecule has 1 amide bonds. The third-order valence-electron chi connectivity index (χ3n) is 2.31. The summed E-state index contributed by atoms with van der Waals surface area (Å²) in [7, 11) is 4.57. The highest BCUT2D eigenvalue weighted by Gasteiger charge is 2.22. The van der Waals surface area contributed by atoms with Gasteiger partial charge in [-0.1, -0.05) is 6.42 Å². The van der Waals surface area contributed by atoms with Crippen molar-refractivity contribution in [3.05, 3.63) is 0 Å². The lowest BCUT2D eigenvalue weighted by Gasteiger charge is -2.17. The minimum absolute atomic E-state index is 0.271. The van der Waals surface area contributed by atoms with Gasteiger partial charge in [0.05, 0.1) is 0 Å². The minimum atomic E-state index is 0.271. The number of amides is 1. The highest BCUT2D eigenvalue weighted by Crippen LogP contribution is 2.18. The number of hydrogen-bond donors (Lipinski definition) is 0. The number of nitrogens with zero attached hydrogens (tertiary/aromatic N) is 1. The van der Waals surface area contributed by atoms with E-state index >= 15 is 0 Å². The normalized spacial score (nSPS) is 26.9. The predicted molar refractivity (Wildman–Crippen MR) is 49.6 cm³/mol. The van der Waals surface area contributed by atoms with Crippen molar-refractivity contribution in [3.8, 4) is 0 Å². The maximum atomic E-state index is 11.5. The monoisotopic (exact) mass is 173 g/mol. The smallest absolute Gasteiger partial charge is 0.225 e. The Balaban J connectivity index is 2.56. The van der Waals surface area contributed by atoms with E-state index in [1.165, 1.54) is 12.8 Å². The highest BCUT2D eigenvalue weighted by molar-refractivity contribution is 7.16. The predicted octanol–water partition coefficient (Wildman–Crippen LogP) is 1.12. The van der Waals surface area contributed by atoms with Crippen molar-refractivity contribution < 1.29 is 4.79 Å². The second-order valence-corrected chi connectivity index (χ2v) is 3.66. The summed E-state index contributed by atoms with van der Waals surface area (Å²) in [5, 5.41) is 0. The lowest BCUT2D eigenvalue weighted by molar-refractivity contribution is -0.132. The largest absolute Gasteiger partial charge is 0.346 e. The van der Waals surface area contributed by atoms with Crippen molar-refractivity contribution in [1.82, 2.24) is 4.90 Å². The number of carbonyl (C=O) groups is 1. The van der Waals surface area contributed by atoms with Crippen LogP contribution in [0.5, 0.6) is 0 Å². The zero-order valence-corrected chi connectivity index (χ0v) is 8.20. The average molecular weight is 173 g/mol. The highest BCUT2D eigenvalue weighted by atomic mass is 31.0. The molecule has 1 aliphatic heterocycles. The van der Waals surface area contributed by atoms with E-state index in [1.54, 1.807) is 0 Å². The zero-order chi connectivity index (χ0) is 8.27. The molecule has 0 saturated carbocycles. The van der Waals surface area contributed by atoms with E-state index in [-0.39, 0.29) is 5.92 Å². The van der Waals surface area contributed by atoms with Gasteiger partial charge in [-0.05, 0) is 19.0 Å². The van der Waals surface area contributed by atoms with E-state index in [9.17, 15) is 4.79 Å². The summed E-state index contributed by atoms with van der Waals surface area (Å²) >= 11 is 0. The fraction of sp³-hybridized carbons (Fsp3) is 0.875. The second-order valence-electron chi connectivity index (χ2n) is 3.19. The van der Waals surface area contributed by atoms with Crippen molar-refractivity contribution in [1.29, 1.82) is 0 Å². The standard InChI is InChI=1S/C8H16NOP/c1-9-5-3-2-4-7(6-11)8(9)10/h7H,2-6,11H2,1H3. The molecule has 1 saturated heterocycles. The third kappa shape index (κ3) is 2.16. The van der Waals surface area contributed by atoms with E-state index < -0.39 is 0 Å². The first kappa shape index (κ1) is 8.99. The maximum absolute atomic E-state index is 11.5. The maximum Gasteiger partial charge on any atom is 0.225 e. The van der Waals surface area contributed by atoms with E-state index in [2.05, 4.69) is 9.24 Å². The zero-order valence-electron chi connectivity index (χ0n) is 7.05. The fourth-order valence-electron chi connectivity index (χ4n) is 1.50. The van der Waals surface area contributed by atoms with Crippen LogP contribution in [0.3, 0.4) is 0 Å². The summed E-state index contributed by atoms with van der Waals surface area (Å²) in [6.07, 6.45) is 4.37. The van der Waals surface area contributed by atoms with Gasteiger partial charge in [-0.15, -0.1) is 9.24 Å². The molecule has 0 aliphatic carbocycles. The molecule has 0 spiro atoms.